The SMILES string of the molecule is CC(C)c1cccc(C#CCN2CCN(c3nccs3)CC2)c1. The van der Waals surface area contributed by atoms with Gasteiger partial charge in [0.25, 0.3) is 0 Å². The molecule has 1 saturated heterocycles. The molecule has 23 heavy (non-hydrogen) atoms. The quantitative estimate of drug-likeness (QED) is 0.806. The first kappa shape index (κ1) is 16.0. The molecule has 2 heterocycles. The number of piperazine rings is 1. The third kappa shape index (κ3) is 4.34. The van der Waals surface area contributed by atoms with E-state index in [9.17, 15) is 0 Å². The highest BCUT2D eigenvalue weighted by Gasteiger charge is 2.17. The van der Waals surface area contributed by atoms with Crippen molar-refractivity contribution in [3.63, 3.8) is 0 Å². The van der Waals surface area contributed by atoms with Crippen molar-refractivity contribution in [2.24, 2.45) is 0 Å². The zero-order valence-corrected chi connectivity index (χ0v) is 14.6. The smallest absolute Gasteiger partial charge is 0.185 e. The van der Waals surface area contributed by atoms with Crippen molar-refractivity contribution in [3.8, 4) is 11.8 Å². The molecule has 120 valence electrons. The van der Waals surface area contributed by atoms with E-state index < -0.39 is 0 Å². The van der Waals surface area contributed by atoms with Crippen LogP contribution in [-0.4, -0.2) is 42.6 Å². The van der Waals surface area contributed by atoms with Gasteiger partial charge in [0.2, 0.25) is 0 Å². The van der Waals surface area contributed by atoms with E-state index in [1.54, 1.807) is 11.3 Å². The van der Waals surface area contributed by atoms with Crippen LogP contribution in [0, 0.1) is 11.8 Å². The lowest BCUT2D eigenvalue weighted by Crippen LogP contribution is -2.46. The lowest BCUT2D eigenvalue weighted by atomic mass is 10.0. The standard InChI is InChI=1S/C19H23N3S/c1-16(2)18-7-3-5-17(15-18)6-4-9-21-10-12-22(13-11-21)19-20-8-14-23-19/h3,5,7-8,14-16H,9-13H2,1-2H3. The van der Waals surface area contributed by atoms with E-state index in [-0.39, 0.29) is 0 Å². The van der Waals surface area contributed by atoms with Crippen molar-refractivity contribution in [2.75, 3.05) is 37.6 Å². The van der Waals surface area contributed by atoms with E-state index >= 15 is 0 Å². The van der Waals surface area contributed by atoms with Crippen LogP contribution in [0.2, 0.25) is 0 Å². The summed E-state index contributed by atoms with van der Waals surface area (Å²) in [5, 5.41) is 3.18. The Kier molecular flexibility index (Phi) is 5.32. The van der Waals surface area contributed by atoms with Gasteiger partial charge in [-0.1, -0.05) is 37.8 Å². The van der Waals surface area contributed by atoms with E-state index in [4.69, 9.17) is 0 Å². The molecule has 0 radical (unpaired) electrons. The van der Waals surface area contributed by atoms with E-state index in [1.807, 2.05) is 11.6 Å². The predicted octanol–water partition coefficient (Wildman–Crippen LogP) is 3.44. The molecule has 0 bridgehead atoms. The van der Waals surface area contributed by atoms with Gasteiger partial charge >= 0.3 is 0 Å². The Hall–Kier alpha value is -1.83. The first-order chi connectivity index (χ1) is 11.2. The largest absolute Gasteiger partial charge is 0.346 e. The number of benzene rings is 1. The molecule has 0 saturated carbocycles. The van der Waals surface area contributed by atoms with E-state index in [0.717, 1.165) is 43.4 Å². The molecule has 0 aliphatic carbocycles. The molecule has 3 rings (SSSR count). The van der Waals surface area contributed by atoms with Gasteiger partial charge in [0.05, 0.1) is 6.54 Å². The molecule has 1 fully saturated rings. The minimum absolute atomic E-state index is 0.552. The maximum atomic E-state index is 4.39. The summed E-state index contributed by atoms with van der Waals surface area (Å²) in [7, 11) is 0. The number of aromatic nitrogens is 1. The normalized spacial score (nSPS) is 15.5. The lowest BCUT2D eigenvalue weighted by Gasteiger charge is -2.33. The van der Waals surface area contributed by atoms with Crippen molar-refractivity contribution < 1.29 is 0 Å². The molecule has 1 aromatic carbocycles. The van der Waals surface area contributed by atoms with Crippen molar-refractivity contribution in [1.29, 1.82) is 0 Å². The van der Waals surface area contributed by atoms with Gasteiger partial charge in [0.15, 0.2) is 5.13 Å². The summed E-state index contributed by atoms with van der Waals surface area (Å²) in [6.07, 6.45) is 1.88. The fourth-order valence-electron chi connectivity index (χ4n) is 2.70. The van der Waals surface area contributed by atoms with Crippen molar-refractivity contribution in [3.05, 3.63) is 47.0 Å². The Morgan fingerprint density at radius 3 is 2.74 bits per heavy atom. The highest BCUT2D eigenvalue weighted by Crippen LogP contribution is 2.18. The minimum atomic E-state index is 0.552. The monoisotopic (exact) mass is 325 g/mol. The molecule has 4 heteroatoms. The van der Waals surface area contributed by atoms with Crippen LogP contribution in [0.1, 0.15) is 30.9 Å². The summed E-state index contributed by atoms with van der Waals surface area (Å²) in [4.78, 5) is 9.17. The molecule has 1 aromatic heterocycles. The predicted molar refractivity (Wildman–Crippen MR) is 98.2 cm³/mol. The highest BCUT2D eigenvalue weighted by atomic mass is 32.1. The third-order valence-corrected chi connectivity index (χ3v) is 4.98. The van der Waals surface area contributed by atoms with E-state index in [1.165, 1.54) is 5.56 Å². The van der Waals surface area contributed by atoms with E-state index in [0.29, 0.717) is 5.92 Å². The number of anilines is 1. The number of nitrogens with zero attached hydrogens (tertiary/aromatic N) is 3. The van der Waals surface area contributed by atoms with Crippen molar-refractivity contribution in [1.82, 2.24) is 9.88 Å². The van der Waals surface area contributed by atoms with Gasteiger partial charge in [-0.3, -0.25) is 4.90 Å². The first-order valence-electron chi connectivity index (χ1n) is 8.18. The number of thiazole rings is 1. The second-order valence-electron chi connectivity index (χ2n) is 6.16. The molecular formula is C19H23N3S. The Bertz CT molecular complexity index is 674. The lowest BCUT2D eigenvalue weighted by molar-refractivity contribution is 0.288. The number of rotatable bonds is 3. The van der Waals surface area contributed by atoms with Gasteiger partial charge in [0.1, 0.15) is 0 Å². The molecule has 0 unspecified atom stereocenters. The van der Waals surface area contributed by atoms with Crippen LogP contribution in [0.5, 0.6) is 0 Å². The second kappa shape index (κ2) is 7.63. The van der Waals surface area contributed by atoms with Crippen LogP contribution in [0.15, 0.2) is 35.8 Å². The van der Waals surface area contributed by atoms with Gasteiger partial charge in [0, 0.05) is 43.3 Å². The first-order valence-corrected chi connectivity index (χ1v) is 9.06. The molecule has 3 nitrogen and oxygen atoms in total. The third-order valence-electron chi connectivity index (χ3n) is 4.15. The summed E-state index contributed by atoms with van der Waals surface area (Å²) in [5.74, 6) is 7.19. The van der Waals surface area contributed by atoms with Gasteiger partial charge < -0.3 is 4.90 Å². The molecular weight excluding hydrogens is 302 g/mol. The number of hydrogen-bond donors (Lipinski definition) is 0. The van der Waals surface area contributed by atoms with Crippen LogP contribution in [0.4, 0.5) is 5.13 Å². The second-order valence-corrected chi connectivity index (χ2v) is 7.03. The summed E-state index contributed by atoms with van der Waals surface area (Å²) in [6, 6.07) is 8.58. The average Bonchev–Trinajstić information content (AvgIpc) is 3.10. The Balaban J connectivity index is 1.51. The molecule has 0 atom stereocenters. The topological polar surface area (TPSA) is 19.4 Å². The van der Waals surface area contributed by atoms with Crippen molar-refractivity contribution in [2.45, 2.75) is 19.8 Å². The molecule has 0 spiro atoms. The molecule has 1 aliphatic rings. The summed E-state index contributed by atoms with van der Waals surface area (Å²) < 4.78 is 0. The van der Waals surface area contributed by atoms with Gasteiger partial charge in [-0.05, 0) is 23.6 Å². The Morgan fingerprint density at radius 1 is 1.22 bits per heavy atom. The molecule has 1 aliphatic heterocycles. The minimum Gasteiger partial charge on any atom is -0.346 e. The highest BCUT2D eigenvalue weighted by molar-refractivity contribution is 7.13. The maximum absolute atomic E-state index is 4.39. The van der Waals surface area contributed by atoms with Crippen LogP contribution >= 0.6 is 11.3 Å². The summed E-state index contributed by atoms with van der Waals surface area (Å²) in [6.45, 7) is 9.47. The maximum Gasteiger partial charge on any atom is 0.185 e. The number of hydrogen-bond acceptors (Lipinski definition) is 4. The van der Waals surface area contributed by atoms with Gasteiger partial charge in [-0.25, -0.2) is 4.98 Å². The Labute approximate surface area is 143 Å². The van der Waals surface area contributed by atoms with E-state index in [2.05, 4.69) is 64.7 Å². The van der Waals surface area contributed by atoms with Gasteiger partial charge in [-0.2, -0.15) is 0 Å². The zero-order valence-electron chi connectivity index (χ0n) is 13.8. The van der Waals surface area contributed by atoms with Crippen molar-refractivity contribution >= 4 is 16.5 Å². The summed E-state index contributed by atoms with van der Waals surface area (Å²) in [5.41, 5.74) is 2.48. The van der Waals surface area contributed by atoms with Crippen LogP contribution in [0.3, 0.4) is 0 Å². The zero-order chi connectivity index (χ0) is 16.1. The average molecular weight is 325 g/mol. The molecule has 0 N–H and O–H groups in total. The molecule has 2 aromatic rings. The van der Waals surface area contributed by atoms with Crippen LogP contribution < -0.4 is 4.90 Å². The van der Waals surface area contributed by atoms with Crippen LogP contribution in [0.25, 0.3) is 0 Å². The van der Waals surface area contributed by atoms with Crippen LogP contribution in [-0.2, 0) is 0 Å². The molecule has 0 amide bonds. The Morgan fingerprint density at radius 2 is 2.04 bits per heavy atom. The van der Waals surface area contributed by atoms with Gasteiger partial charge in [-0.15, -0.1) is 11.3 Å². The fraction of sp³-hybridized carbons (Fsp3) is 0.421. The summed E-state index contributed by atoms with van der Waals surface area (Å²) >= 11 is 1.72. The fourth-order valence-corrected chi connectivity index (χ4v) is 3.40.